The smallest absolute Gasteiger partial charge is 0.274 e. The number of nitrogens with one attached hydrogen (secondary N) is 2. The lowest BCUT2D eigenvalue weighted by Crippen LogP contribution is -2.20. The Bertz CT molecular complexity index is 602. The van der Waals surface area contributed by atoms with Crippen LogP contribution in [0.2, 0.25) is 0 Å². The standard InChI is InChI=1S/C18H25N3O3/c1-13(2)5-4-6-14(3)11-12-19-20-17(22)15-7-9-16(10-8-15)18(23)21-24/h5,7-10,12,14,24H,4,6,11H2,1-3H3,(H,20,22)(H,21,23). The van der Waals surface area contributed by atoms with Crippen LogP contribution in [0.15, 0.2) is 41.0 Å². The molecule has 1 atom stereocenters. The number of rotatable bonds is 8. The van der Waals surface area contributed by atoms with Crippen molar-refractivity contribution < 1.29 is 14.8 Å². The zero-order valence-electron chi connectivity index (χ0n) is 14.4. The van der Waals surface area contributed by atoms with E-state index in [1.807, 2.05) is 0 Å². The van der Waals surface area contributed by atoms with Gasteiger partial charge in [0, 0.05) is 17.3 Å². The Kier molecular flexibility index (Phi) is 8.43. The van der Waals surface area contributed by atoms with Gasteiger partial charge >= 0.3 is 0 Å². The van der Waals surface area contributed by atoms with Gasteiger partial charge in [0.15, 0.2) is 0 Å². The minimum absolute atomic E-state index is 0.266. The fourth-order valence-electron chi connectivity index (χ4n) is 2.01. The molecule has 0 aliphatic heterocycles. The minimum atomic E-state index is -0.623. The number of hydrogen-bond acceptors (Lipinski definition) is 4. The number of carbonyl (C=O) groups is 2. The zero-order chi connectivity index (χ0) is 17.9. The monoisotopic (exact) mass is 331 g/mol. The normalized spacial score (nSPS) is 11.8. The van der Waals surface area contributed by atoms with Crippen LogP contribution in [0.4, 0.5) is 0 Å². The lowest BCUT2D eigenvalue weighted by Gasteiger charge is -2.06. The Morgan fingerprint density at radius 2 is 1.75 bits per heavy atom. The van der Waals surface area contributed by atoms with E-state index < -0.39 is 5.91 Å². The molecule has 0 spiro atoms. The van der Waals surface area contributed by atoms with Crippen molar-refractivity contribution in [1.29, 1.82) is 0 Å². The number of carbonyl (C=O) groups excluding carboxylic acids is 2. The van der Waals surface area contributed by atoms with Gasteiger partial charge in [0.05, 0.1) is 0 Å². The Morgan fingerprint density at radius 1 is 1.17 bits per heavy atom. The number of amides is 2. The van der Waals surface area contributed by atoms with Crippen molar-refractivity contribution in [3.8, 4) is 0 Å². The van der Waals surface area contributed by atoms with E-state index in [0.717, 1.165) is 19.3 Å². The predicted octanol–water partition coefficient (Wildman–Crippen LogP) is 3.29. The number of benzene rings is 1. The van der Waals surface area contributed by atoms with Crippen LogP contribution in [-0.4, -0.2) is 23.2 Å². The first-order chi connectivity index (χ1) is 11.4. The zero-order valence-corrected chi connectivity index (χ0v) is 14.4. The summed E-state index contributed by atoms with van der Waals surface area (Å²) in [4.78, 5) is 23.1. The van der Waals surface area contributed by atoms with E-state index in [0.29, 0.717) is 11.5 Å². The van der Waals surface area contributed by atoms with E-state index >= 15 is 0 Å². The Balaban J connectivity index is 2.40. The van der Waals surface area contributed by atoms with Crippen LogP contribution in [0.5, 0.6) is 0 Å². The molecule has 6 heteroatoms. The summed E-state index contributed by atoms with van der Waals surface area (Å²) in [6.07, 6.45) is 6.86. The first-order valence-corrected chi connectivity index (χ1v) is 7.93. The fraction of sp³-hybridized carbons (Fsp3) is 0.389. The SMILES string of the molecule is CC(C)=CCCC(C)CC=NNC(=O)c1ccc(C(=O)NO)cc1. The third kappa shape index (κ3) is 7.19. The van der Waals surface area contributed by atoms with E-state index in [1.54, 1.807) is 6.21 Å². The first-order valence-electron chi connectivity index (χ1n) is 7.93. The average molecular weight is 331 g/mol. The molecule has 2 amide bonds. The molecule has 3 N–H and O–H groups in total. The van der Waals surface area contributed by atoms with Gasteiger partial charge in [0.1, 0.15) is 0 Å². The van der Waals surface area contributed by atoms with Crippen LogP contribution < -0.4 is 10.9 Å². The summed E-state index contributed by atoms with van der Waals surface area (Å²) < 4.78 is 0. The summed E-state index contributed by atoms with van der Waals surface area (Å²) in [7, 11) is 0. The molecule has 6 nitrogen and oxygen atoms in total. The molecule has 1 unspecified atom stereocenters. The minimum Gasteiger partial charge on any atom is -0.288 e. The van der Waals surface area contributed by atoms with Crippen LogP contribution in [0, 0.1) is 5.92 Å². The lowest BCUT2D eigenvalue weighted by atomic mass is 10.0. The van der Waals surface area contributed by atoms with Gasteiger partial charge in [-0.3, -0.25) is 14.8 Å². The highest BCUT2D eigenvalue weighted by Gasteiger charge is 2.07. The van der Waals surface area contributed by atoms with Crippen molar-refractivity contribution >= 4 is 18.0 Å². The van der Waals surface area contributed by atoms with Gasteiger partial charge in [-0.05, 0) is 63.3 Å². The van der Waals surface area contributed by atoms with Crippen molar-refractivity contribution in [3.05, 3.63) is 47.0 Å². The molecule has 24 heavy (non-hydrogen) atoms. The maximum absolute atomic E-state index is 11.9. The summed E-state index contributed by atoms with van der Waals surface area (Å²) in [5, 5.41) is 12.5. The molecule has 0 aliphatic carbocycles. The summed E-state index contributed by atoms with van der Waals surface area (Å²) in [6, 6.07) is 5.90. The molecule has 1 aromatic rings. The summed E-state index contributed by atoms with van der Waals surface area (Å²) in [5.74, 6) is -0.473. The van der Waals surface area contributed by atoms with Crippen LogP contribution in [0.3, 0.4) is 0 Å². The molecule has 0 saturated carbocycles. The number of nitrogens with zero attached hydrogens (tertiary/aromatic N) is 1. The van der Waals surface area contributed by atoms with Gasteiger partial charge < -0.3 is 0 Å². The van der Waals surface area contributed by atoms with Gasteiger partial charge in [-0.25, -0.2) is 10.9 Å². The molecule has 0 radical (unpaired) electrons. The number of hydrazone groups is 1. The molecule has 0 aromatic heterocycles. The Hall–Kier alpha value is -2.47. The van der Waals surface area contributed by atoms with Gasteiger partial charge in [0.25, 0.3) is 11.8 Å². The maximum atomic E-state index is 11.9. The molecule has 0 heterocycles. The summed E-state index contributed by atoms with van der Waals surface area (Å²) in [5.41, 5.74) is 5.97. The van der Waals surface area contributed by atoms with Crippen LogP contribution in [0.1, 0.15) is 60.7 Å². The van der Waals surface area contributed by atoms with Gasteiger partial charge in [0.2, 0.25) is 0 Å². The molecule has 0 bridgehead atoms. The van der Waals surface area contributed by atoms with Gasteiger partial charge in [-0.2, -0.15) is 5.10 Å². The molecule has 130 valence electrons. The third-order valence-electron chi connectivity index (χ3n) is 3.49. The van der Waals surface area contributed by atoms with Gasteiger partial charge in [-0.15, -0.1) is 0 Å². The second-order valence-electron chi connectivity index (χ2n) is 5.97. The molecular weight excluding hydrogens is 306 g/mol. The second-order valence-corrected chi connectivity index (χ2v) is 5.97. The van der Waals surface area contributed by atoms with Crippen molar-refractivity contribution in [3.63, 3.8) is 0 Å². The molecule has 0 fully saturated rings. The highest BCUT2D eigenvalue weighted by Crippen LogP contribution is 2.10. The van der Waals surface area contributed by atoms with Crippen LogP contribution in [-0.2, 0) is 0 Å². The lowest BCUT2D eigenvalue weighted by molar-refractivity contribution is 0.0706. The summed E-state index contributed by atoms with van der Waals surface area (Å²) in [6.45, 7) is 6.33. The molecule has 0 aliphatic rings. The molecule has 1 rings (SSSR count). The average Bonchev–Trinajstić information content (AvgIpc) is 2.57. The van der Waals surface area contributed by atoms with Crippen molar-refractivity contribution in [2.75, 3.05) is 0 Å². The third-order valence-corrected chi connectivity index (χ3v) is 3.49. The van der Waals surface area contributed by atoms with Crippen LogP contribution >= 0.6 is 0 Å². The van der Waals surface area contributed by atoms with Gasteiger partial charge in [-0.1, -0.05) is 18.6 Å². The van der Waals surface area contributed by atoms with Crippen molar-refractivity contribution in [2.45, 2.75) is 40.0 Å². The topological polar surface area (TPSA) is 90.8 Å². The first kappa shape index (κ1) is 19.6. The Morgan fingerprint density at radius 3 is 2.29 bits per heavy atom. The fourth-order valence-corrected chi connectivity index (χ4v) is 2.01. The Labute approximate surface area is 142 Å². The molecular formula is C18H25N3O3. The number of allylic oxidation sites excluding steroid dienone is 2. The maximum Gasteiger partial charge on any atom is 0.274 e. The second kappa shape index (κ2) is 10.3. The summed E-state index contributed by atoms with van der Waals surface area (Å²) >= 11 is 0. The van der Waals surface area contributed by atoms with Crippen molar-refractivity contribution in [2.24, 2.45) is 11.0 Å². The number of hydroxylamine groups is 1. The molecule has 1 aromatic carbocycles. The van der Waals surface area contributed by atoms with Crippen molar-refractivity contribution in [1.82, 2.24) is 10.9 Å². The molecule has 0 saturated heterocycles. The van der Waals surface area contributed by atoms with E-state index in [9.17, 15) is 9.59 Å². The van der Waals surface area contributed by atoms with E-state index in [4.69, 9.17) is 5.21 Å². The number of hydrogen-bond donors (Lipinski definition) is 3. The largest absolute Gasteiger partial charge is 0.288 e. The van der Waals surface area contributed by atoms with E-state index in [2.05, 4.69) is 37.4 Å². The highest BCUT2D eigenvalue weighted by atomic mass is 16.5. The predicted molar refractivity (Wildman–Crippen MR) is 94.1 cm³/mol. The highest BCUT2D eigenvalue weighted by molar-refractivity contribution is 5.97. The van der Waals surface area contributed by atoms with Crippen LogP contribution in [0.25, 0.3) is 0 Å². The quantitative estimate of drug-likeness (QED) is 0.295. The van der Waals surface area contributed by atoms with E-state index in [-0.39, 0.29) is 11.5 Å². The van der Waals surface area contributed by atoms with E-state index in [1.165, 1.54) is 35.3 Å².